The molecular weight excluding hydrogens is 232 g/mol. The van der Waals surface area contributed by atoms with Gasteiger partial charge in [0.25, 0.3) is 0 Å². The lowest BCUT2D eigenvalue weighted by Crippen LogP contribution is -2.40. The van der Waals surface area contributed by atoms with Crippen molar-refractivity contribution in [3.8, 4) is 0 Å². The summed E-state index contributed by atoms with van der Waals surface area (Å²) in [6.07, 6.45) is 0.0289. The molecule has 2 atom stereocenters. The summed E-state index contributed by atoms with van der Waals surface area (Å²) in [4.78, 5) is 11.8. The van der Waals surface area contributed by atoms with Crippen molar-refractivity contribution >= 4 is 5.91 Å². The Kier molecular flexibility index (Phi) is 4.30. The van der Waals surface area contributed by atoms with Gasteiger partial charge in [-0.2, -0.15) is 0 Å². The molecule has 1 amide bonds. The fraction of sp³-hybridized carbons (Fsp3) is 0.462. The minimum atomic E-state index is -0.432. The number of hydrogen-bond acceptors (Lipinski definition) is 4. The van der Waals surface area contributed by atoms with Crippen molar-refractivity contribution in [1.82, 2.24) is 10.6 Å². The second kappa shape index (κ2) is 5.95. The van der Waals surface area contributed by atoms with E-state index < -0.39 is 6.10 Å². The number of carbonyl (C=O) groups excluding carboxylic acids is 1. The third-order valence-electron chi connectivity index (χ3n) is 3.06. The van der Waals surface area contributed by atoms with Gasteiger partial charge >= 0.3 is 0 Å². The zero-order chi connectivity index (χ0) is 13.0. The van der Waals surface area contributed by atoms with E-state index >= 15 is 0 Å². The van der Waals surface area contributed by atoms with Crippen molar-refractivity contribution in [2.24, 2.45) is 0 Å². The summed E-state index contributed by atoms with van der Waals surface area (Å²) in [5.74, 6) is -0.0963. The van der Waals surface area contributed by atoms with Crippen molar-refractivity contribution < 1.29 is 15.0 Å². The van der Waals surface area contributed by atoms with Crippen LogP contribution in [0.2, 0.25) is 0 Å². The molecule has 0 spiro atoms. The third kappa shape index (κ3) is 3.29. The van der Waals surface area contributed by atoms with Crippen LogP contribution in [0.25, 0.3) is 0 Å². The summed E-state index contributed by atoms with van der Waals surface area (Å²) < 4.78 is 0. The summed E-state index contributed by atoms with van der Waals surface area (Å²) >= 11 is 0. The molecule has 0 aliphatic carbocycles. The van der Waals surface area contributed by atoms with Gasteiger partial charge < -0.3 is 20.8 Å². The Labute approximate surface area is 106 Å². The van der Waals surface area contributed by atoms with Crippen molar-refractivity contribution in [2.45, 2.75) is 31.7 Å². The van der Waals surface area contributed by atoms with Gasteiger partial charge in [0.2, 0.25) is 5.91 Å². The lowest BCUT2D eigenvalue weighted by Gasteiger charge is -2.11. The first-order chi connectivity index (χ1) is 8.69. The average Bonchev–Trinajstić information content (AvgIpc) is 2.83. The average molecular weight is 250 g/mol. The van der Waals surface area contributed by atoms with E-state index in [0.717, 1.165) is 11.1 Å². The topological polar surface area (TPSA) is 81.6 Å². The van der Waals surface area contributed by atoms with Gasteiger partial charge in [0.1, 0.15) is 0 Å². The molecule has 98 valence electrons. The first kappa shape index (κ1) is 13.0. The molecule has 5 heteroatoms. The van der Waals surface area contributed by atoms with Crippen molar-refractivity contribution in [1.29, 1.82) is 0 Å². The molecule has 1 fully saturated rings. The van der Waals surface area contributed by atoms with E-state index in [1.54, 1.807) is 0 Å². The zero-order valence-corrected chi connectivity index (χ0v) is 10.1. The lowest BCUT2D eigenvalue weighted by molar-refractivity contribution is -0.123. The number of amides is 1. The van der Waals surface area contributed by atoms with Crippen LogP contribution in [0.4, 0.5) is 0 Å². The molecule has 0 bridgehead atoms. The maximum absolute atomic E-state index is 11.8. The van der Waals surface area contributed by atoms with Gasteiger partial charge in [-0.1, -0.05) is 24.3 Å². The molecule has 5 nitrogen and oxygen atoms in total. The van der Waals surface area contributed by atoms with Crippen molar-refractivity contribution in [2.75, 3.05) is 6.54 Å². The second-order valence-corrected chi connectivity index (χ2v) is 4.55. The van der Waals surface area contributed by atoms with E-state index in [1.165, 1.54) is 0 Å². The fourth-order valence-corrected chi connectivity index (χ4v) is 2.07. The third-order valence-corrected chi connectivity index (χ3v) is 3.06. The zero-order valence-electron chi connectivity index (χ0n) is 10.1. The number of hydrogen-bond donors (Lipinski definition) is 4. The number of aliphatic hydroxyl groups excluding tert-OH is 2. The molecule has 0 radical (unpaired) electrons. The molecule has 1 saturated heterocycles. The quantitative estimate of drug-likeness (QED) is 0.582. The number of rotatable bonds is 4. The highest BCUT2D eigenvalue weighted by atomic mass is 16.3. The van der Waals surface area contributed by atoms with Crippen LogP contribution in [0, 0.1) is 0 Å². The monoisotopic (exact) mass is 250 g/mol. The van der Waals surface area contributed by atoms with Gasteiger partial charge in [-0.25, -0.2) is 0 Å². The first-order valence-electron chi connectivity index (χ1n) is 6.07. The number of carbonyl (C=O) groups is 1. The molecular formula is C13H18N2O3. The van der Waals surface area contributed by atoms with Gasteiger partial charge in [0.15, 0.2) is 0 Å². The maximum atomic E-state index is 11.8. The van der Waals surface area contributed by atoms with Crippen LogP contribution in [0.3, 0.4) is 0 Å². The van der Waals surface area contributed by atoms with Gasteiger partial charge in [0.05, 0.1) is 18.8 Å². The summed E-state index contributed by atoms with van der Waals surface area (Å²) in [5, 5.41) is 24.1. The molecule has 1 aliphatic rings. The molecule has 1 aromatic carbocycles. The molecule has 18 heavy (non-hydrogen) atoms. The molecule has 2 rings (SSSR count). The fourth-order valence-electron chi connectivity index (χ4n) is 2.07. The summed E-state index contributed by atoms with van der Waals surface area (Å²) in [5.41, 5.74) is 1.78. The van der Waals surface area contributed by atoms with Crippen LogP contribution >= 0.6 is 0 Å². The number of aliphatic hydroxyl groups is 2. The molecule has 0 saturated carbocycles. The summed E-state index contributed by atoms with van der Waals surface area (Å²) in [6.45, 7) is 0.900. The molecule has 1 aliphatic heterocycles. The van der Waals surface area contributed by atoms with E-state index in [2.05, 4.69) is 10.6 Å². The van der Waals surface area contributed by atoms with Gasteiger partial charge in [0, 0.05) is 13.1 Å². The molecule has 4 N–H and O–H groups in total. The SMILES string of the molecule is O=C(NCc1cccc(CO)c1)C1CC(O)CN1. The minimum absolute atomic E-state index is 0.00183. The Morgan fingerprint density at radius 2 is 2.22 bits per heavy atom. The second-order valence-electron chi connectivity index (χ2n) is 4.55. The first-order valence-corrected chi connectivity index (χ1v) is 6.07. The Bertz CT molecular complexity index is 422. The van der Waals surface area contributed by atoms with E-state index in [0.29, 0.717) is 19.5 Å². The predicted octanol–water partition coefficient (Wildman–Crippen LogP) is -0.482. The standard InChI is InChI=1S/C13H18N2O3/c16-8-10-3-1-2-9(4-10)6-15-13(18)12-5-11(17)7-14-12/h1-4,11-12,14,16-17H,5-8H2,(H,15,18). The molecule has 2 unspecified atom stereocenters. The molecule has 1 aromatic rings. The van der Waals surface area contributed by atoms with E-state index in [4.69, 9.17) is 5.11 Å². The predicted molar refractivity (Wildman–Crippen MR) is 66.6 cm³/mol. The molecule has 0 aromatic heterocycles. The van der Waals surface area contributed by atoms with Crippen LogP contribution in [0.15, 0.2) is 24.3 Å². The van der Waals surface area contributed by atoms with Gasteiger partial charge in [-0.05, 0) is 17.5 Å². The van der Waals surface area contributed by atoms with E-state index in [9.17, 15) is 9.90 Å². The van der Waals surface area contributed by atoms with Crippen LogP contribution in [0.1, 0.15) is 17.5 Å². The highest BCUT2D eigenvalue weighted by molar-refractivity contribution is 5.82. The number of benzene rings is 1. The minimum Gasteiger partial charge on any atom is -0.392 e. The van der Waals surface area contributed by atoms with Crippen LogP contribution < -0.4 is 10.6 Å². The lowest BCUT2D eigenvalue weighted by atomic mass is 10.1. The van der Waals surface area contributed by atoms with Gasteiger partial charge in [-0.15, -0.1) is 0 Å². The Balaban J connectivity index is 1.85. The largest absolute Gasteiger partial charge is 0.392 e. The van der Waals surface area contributed by atoms with Crippen molar-refractivity contribution in [3.05, 3.63) is 35.4 Å². The van der Waals surface area contributed by atoms with Crippen LogP contribution in [-0.4, -0.2) is 34.8 Å². The molecule has 1 heterocycles. The number of β-amino-alcohol motifs (C(OH)–C–C–N with tert-alkyl or cyclic N) is 1. The number of nitrogens with one attached hydrogen (secondary N) is 2. The Morgan fingerprint density at radius 1 is 1.44 bits per heavy atom. The van der Waals surface area contributed by atoms with Crippen LogP contribution in [0.5, 0.6) is 0 Å². The highest BCUT2D eigenvalue weighted by Gasteiger charge is 2.27. The normalized spacial score (nSPS) is 23.0. The Morgan fingerprint density at radius 3 is 2.89 bits per heavy atom. The Hall–Kier alpha value is -1.43. The maximum Gasteiger partial charge on any atom is 0.237 e. The van der Waals surface area contributed by atoms with E-state index in [1.807, 2.05) is 24.3 Å². The smallest absolute Gasteiger partial charge is 0.237 e. The van der Waals surface area contributed by atoms with E-state index in [-0.39, 0.29) is 18.6 Å². The van der Waals surface area contributed by atoms with Crippen molar-refractivity contribution in [3.63, 3.8) is 0 Å². The van der Waals surface area contributed by atoms with Gasteiger partial charge in [-0.3, -0.25) is 4.79 Å². The summed E-state index contributed by atoms with van der Waals surface area (Å²) in [6, 6.07) is 7.14. The summed E-state index contributed by atoms with van der Waals surface area (Å²) in [7, 11) is 0. The van der Waals surface area contributed by atoms with Crippen LogP contribution in [-0.2, 0) is 17.9 Å². The highest BCUT2D eigenvalue weighted by Crippen LogP contribution is 2.08.